The second-order valence-electron chi connectivity index (χ2n) is 3.97. The van der Waals surface area contributed by atoms with E-state index < -0.39 is 0 Å². The van der Waals surface area contributed by atoms with E-state index in [1.807, 2.05) is 13.8 Å². The first kappa shape index (κ1) is 9.98. The third-order valence-corrected chi connectivity index (χ3v) is 2.96. The first-order valence-corrected chi connectivity index (χ1v) is 4.64. The number of ketones is 1. The van der Waals surface area contributed by atoms with Gasteiger partial charge in [0.1, 0.15) is 5.78 Å². The molecule has 0 radical (unpaired) electrons. The summed E-state index contributed by atoms with van der Waals surface area (Å²) >= 11 is 0. The number of carbonyl (C=O) groups is 1. The van der Waals surface area contributed by atoms with E-state index in [1.54, 1.807) is 0 Å². The van der Waals surface area contributed by atoms with Crippen LogP contribution < -0.4 is 0 Å². The molecule has 13 heavy (non-hydrogen) atoms. The van der Waals surface area contributed by atoms with Gasteiger partial charge in [0.25, 0.3) is 0 Å². The summed E-state index contributed by atoms with van der Waals surface area (Å²) in [7, 11) is 0. The van der Waals surface area contributed by atoms with Gasteiger partial charge in [-0.05, 0) is 19.3 Å². The van der Waals surface area contributed by atoms with Crippen molar-refractivity contribution in [3.8, 4) is 6.07 Å². The Morgan fingerprint density at radius 3 is 2.77 bits per heavy atom. The Bertz CT molecular complexity index is 274. The Hall–Kier alpha value is -1.10. The molecule has 0 heterocycles. The van der Waals surface area contributed by atoms with Crippen LogP contribution >= 0.6 is 0 Å². The summed E-state index contributed by atoms with van der Waals surface area (Å²) in [6.45, 7) is 7.63. The first-order chi connectivity index (χ1) is 6.06. The standard InChI is InChI=1S/C11H15NO/c1-7(2)9-4-10(6-12)8(3)11(13)5-9/h8-10H,1,4-5H2,2-3H3/t8?,9-,10?/m0/s1. The molecule has 1 saturated carbocycles. The predicted molar refractivity (Wildman–Crippen MR) is 50.8 cm³/mol. The lowest BCUT2D eigenvalue weighted by Crippen LogP contribution is -2.30. The molecule has 0 spiro atoms. The molecule has 0 aromatic carbocycles. The Balaban J connectivity index is 2.76. The van der Waals surface area contributed by atoms with Crippen molar-refractivity contribution in [3.05, 3.63) is 12.2 Å². The van der Waals surface area contributed by atoms with Crippen LogP contribution in [0.25, 0.3) is 0 Å². The SMILES string of the molecule is C=C(C)[C@@H]1CC(=O)C(C)C(C#N)C1. The fourth-order valence-corrected chi connectivity index (χ4v) is 1.79. The maximum Gasteiger partial charge on any atom is 0.137 e. The highest BCUT2D eigenvalue weighted by atomic mass is 16.1. The molecule has 2 heteroatoms. The molecular weight excluding hydrogens is 162 g/mol. The molecule has 0 aromatic rings. The summed E-state index contributed by atoms with van der Waals surface area (Å²) in [5.41, 5.74) is 1.03. The van der Waals surface area contributed by atoms with Gasteiger partial charge in [0, 0.05) is 12.3 Å². The van der Waals surface area contributed by atoms with E-state index in [4.69, 9.17) is 5.26 Å². The fraction of sp³-hybridized carbons (Fsp3) is 0.636. The molecule has 70 valence electrons. The lowest BCUT2D eigenvalue weighted by molar-refractivity contribution is -0.126. The van der Waals surface area contributed by atoms with Crippen LogP contribution in [0.5, 0.6) is 0 Å². The molecule has 0 bridgehead atoms. The van der Waals surface area contributed by atoms with Crippen LogP contribution in [-0.2, 0) is 4.79 Å². The summed E-state index contributed by atoms with van der Waals surface area (Å²) in [6.07, 6.45) is 1.38. The monoisotopic (exact) mass is 177 g/mol. The summed E-state index contributed by atoms with van der Waals surface area (Å²) in [4.78, 5) is 11.5. The van der Waals surface area contributed by atoms with E-state index in [-0.39, 0.29) is 23.5 Å². The van der Waals surface area contributed by atoms with Crippen molar-refractivity contribution < 1.29 is 4.79 Å². The number of nitriles is 1. The third kappa shape index (κ3) is 1.98. The lowest BCUT2D eigenvalue weighted by Gasteiger charge is -2.29. The molecule has 0 amide bonds. The second kappa shape index (κ2) is 3.74. The molecule has 2 unspecified atom stereocenters. The minimum absolute atomic E-state index is 0.0828. The molecule has 1 rings (SSSR count). The zero-order chi connectivity index (χ0) is 10.0. The molecule has 0 saturated heterocycles. The summed E-state index contributed by atoms with van der Waals surface area (Å²) in [6, 6.07) is 2.21. The average Bonchev–Trinajstić information content (AvgIpc) is 2.09. The van der Waals surface area contributed by atoms with Crippen molar-refractivity contribution in [1.82, 2.24) is 0 Å². The number of hydrogen-bond donors (Lipinski definition) is 0. The maximum absolute atomic E-state index is 11.5. The maximum atomic E-state index is 11.5. The van der Waals surface area contributed by atoms with Gasteiger partial charge in [0.2, 0.25) is 0 Å². The Kier molecular flexibility index (Phi) is 2.87. The van der Waals surface area contributed by atoms with Crippen LogP contribution in [0.2, 0.25) is 0 Å². The lowest BCUT2D eigenvalue weighted by atomic mass is 9.73. The molecule has 0 aromatic heterocycles. The van der Waals surface area contributed by atoms with E-state index in [1.165, 1.54) is 0 Å². The minimum Gasteiger partial charge on any atom is -0.299 e. The van der Waals surface area contributed by atoms with Crippen LogP contribution in [-0.4, -0.2) is 5.78 Å². The molecule has 1 aliphatic carbocycles. The topological polar surface area (TPSA) is 40.9 Å². The number of allylic oxidation sites excluding steroid dienone is 1. The molecule has 2 nitrogen and oxygen atoms in total. The molecule has 1 fully saturated rings. The highest BCUT2D eigenvalue weighted by Gasteiger charge is 2.33. The second-order valence-corrected chi connectivity index (χ2v) is 3.97. The van der Waals surface area contributed by atoms with Crippen molar-refractivity contribution >= 4 is 5.78 Å². The smallest absolute Gasteiger partial charge is 0.137 e. The zero-order valence-electron chi connectivity index (χ0n) is 8.21. The normalized spacial score (nSPS) is 33.9. The molecule has 1 aliphatic rings. The highest BCUT2D eigenvalue weighted by molar-refractivity contribution is 5.82. The van der Waals surface area contributed by atoms with Gasteiger partial charge < -0.3 is 0 Å². The van der Waals surface area contributed by atoms with Gasteiger partial charge >= 0.3 is 0 Å². The number of nitrogens with zero attached hydrogens (tertiary/aromatic N) is 1. The summed E-state index contributed by atoms with van der Waals surface area (Å²) in [5, 5.41) is 8.85. The average molecular weight is 177 g/mol. The van der Waals surface area contributed by atoms with Gasteiger partial charge in [0.15, 0.2) is 0 Å². The molecule has 0 N–H and O–H groups in total. The molecular formula is C11H15NO. The fourth-order valence-electron chi connectivity index (χ4n) is 1.79. The number of carbonyl (C=O) groups excluding carboxylic acids is 1. The van der Waals surface area contributed by atoms with Crippen LogP contribution in [0.4, 0.5) is 0 Å². The van der Waals surface area contributed by atoms with Gasteiger partial charge in [-0.1, -0.05) is 19.1 Å². The Labute approximate surface area is 79.2 Å². The van der Waals surface area contributed by atoms with E-state index in [2.05, 4.69) is 12.6 Å². The van der Waals surface area contributed by atoms with Crippen molar-refractivity contribution in [2.24, 2.45) is 17.8 Å². The summed E-state index contributed by atoms with van der Waals surface area (Å²) in [5.74, 6) is 0.252. The van der Waals surface area contributed by atoms with E-state index in [9.17, 15) is 4.79 Å². The largest absolute Gasteiger partial charge is 0.299 e. The van der Waals surface area contributed by atoms with Gasteiger partial charge in [0.05, 0.1) is 12.0 Å². The number of Topliss-reactive ketones (excluding diaryl/α,β-unsaturated/α-hetero) is 1. The van der Waals surface area contributed by atoms with Crippen molar-refractivity contribution in [1.29, 1.82) is 5.26 Å². The third-order valence-electron chi connectivity index (χ3n) is 2.96. The molecule has 3 atom stereocenters. The minimum atomic E-state index is -0.108. The van der Waals surface area contributed by atoms with Crippen molar-refractivity contribution in [2.45, 2.75) is 26.7 Å². The van der Waals surface area contributed by atoms with Gasteiger partial charge in [-0.15, -0.1) is 0 Å². The summed E-state index contributed by atoms with van der Waals surface area (Å²) < 4.78 is 0. The first-order valence-electron chi connectivity index (χ1n) is 4.64. The number of rotatable bonds is 1. The van der Waals surface area contributed by atoms with E-state index in [0.29, 0.717) is 6.42 Å². The predicted octanol–water partition coefficient (Wildman–Crippen LogP) is 2.32. The van der Waals surface area contributed by atoms with Crippen molar-refractivity contribution in [3.63, 3.8) is 0 Å². The Morgan fingerprint density at radius 1 is 1.69 bits per heavy atom. The van der Waals surface area contributed by atoms with Crippen LogP contribution in [0.15, 0.2) is 12.2 Å². The highest BCUT2D eigenvalue weighted by Crippen LogP contribution is 2.33. The van der Waals surface area contributed by atoms with Crippen LogP contribution in [0.1, 0.15) is 26.7 Å². The van der Waals surface area contributed by atoms with Crippen LogP contribution in [0, 0.1) is 29.1 Å². The number of hydrogen-bond acceptors (Lipinski definition) is 2. The van der Waals surface area contributed by atoms with Gasteiger partial charge in [-0.25, -0.2) is 0 Å². The zero-order valence-corrected chi connectivity index (χ0v) is 8.21. The Morgan fingerprint density at radius 2 is 2.31 bits per heavy atom. The van der Waals surface area contributed by atoms with E-state index >= 15 is 0 Å². The molecule has 0 aliphatic heterocycles. The van der Waals surface area contributed by atoms with Crippen molar-refractivity contribution in [2.75, 3.05) is 0 Å². The quantitative estimate of drug-likeness (QED) is 0.577. The van der Waals surface area contributed by atoms with E-state index in [0.717, 1.165) is 12.0 Å². The van der Waals surface area contributed by atoms with Gasteiger partial charge in [-0.2, -0.15) is 5.26 Å². The van der Waals surface area contributed by atoms with Gasteiger partial charge in [-0.3, -0.25) is 4.79 Å². The van der Waals surface area contributed by atoms with Crippen LogP contribution in [0.3, 0.4) is 0 Å².